The third-order valence-corrected chi connectivity index (χ3v) is 5.48. The molecule has 5 nitrogen and oxygen atoms in total. The van der Waals surface area contributed by atoms with E-state index in [0.717, 1.165) is 12.1 Å². The number of anilines is 1. The van der Waals surface area contributed by atoms with Gasteiger partial charge in [0, 0.05) is 12.1 Å². The first-order valence-corrected chi connectivity index (χ1v) is 8.33. The maximum atomic E-state index is 13.4. The highest BCUT2D eigenvalue weighted by Crippen LogP contribution is 2.35. The van der Waals surface area contributed by atoms with Crippen LogP contribution < -0.4 is 9.64 Å². The average molecular weight is 317 g/mol. The van der Waals surface area contributed by atoms with Crippen LogP contribution in [-0.4, -0.2) is 39.0 Å². The Morgan fingerprint density at radius 1 is 1.29 bits per heavy atom. The number of benzene rings is 1. The van der Waals surface area contributed by atoms with Gasteiger partial charge in [-0.25, -0.2) is 17.2 Å². The second kappa shape index (κ2) is 4.94. The van der Waals surface area contributed by atoms with Crippen molar-refractivity contribution in [1.82, 2.24) is 0 Å². The molecule has 2 aliphatic heterocycles. The van der Waals surface area contributed by atoms with Gasteiger partial charge in [0.2, 0.25) is 5.91 Å². The maximum absolute atomic E-state index is 13.4. The number of fused-ring (bicyclic) bond motifs is 1. The molecular formula is C13H13F2NO4S. The summed E-state index contributed by atoms with van der Waals surface area (Å²) in [5, 5.41) is 0. The number of sulfone groups is 1. The van der Waals surface area contributed by atoms with Crippen molar-refractivity contribution in [2.24, 2.45) is 5.92 Å². The Morgan fingerprint density at radius 3 is 2.67 bits per heavy atom. The number of carbonyl (C=O) groups excluding carboxylic acids is 1. The topological polar surface area (TPSA) is 63.7 Å². The van der Waals surface area contributed by atoms with E-state index in [0.29, 0.717) is 0 Å². The lowest BCUT2D eigenvalue weighted by molar-refractivity contribution is -0.121. The number of halogens is 2. The molecular weight excluding hydrogens is 304 g/mol. The number of rotatable bonds is 1. The fraction of sp³-hybridized carbons (Fsp3) is 0.462. The molecule has 0 spiro atoms. The van der Waals surface area contributed by atoms with Crippen molar-refractivity contribution in [1.29, 1.82) is 0 Å². The predicted molar refractivity (Wildman–Crippen MR) is 71.0 cm³/mol. The van der Waals surface area contributed by atoms with Crippen LogP contribution in [0.1, 0.15) is 6.42 Å². The summed E-state index contributed by atoms with van der Waals surface area (Å²) in [6.45, 7) is 0.344. The maximum Gasteiger partial charge on any atom is 0.231 e. The molecule has 0 aliphatic carbocycles. The smallest absolute Gasteiger partial charge is 0.231 e. The lowest BCUT2D eigenvalue weighted by atomic mass is 10.1. The van der Waals surface area contributed by atoms with Crippen LogP contribution in [0.2, 0.25) is 0 Å². The second-order valence-corrected chi connectivity index (χ2v) is 7.40. The minimum atomic E-state index is -3.18. The summed E-state index contributed by atoms with van der Waals surface area (Å²) >= 11 is 0. The minimum Gasteiger partial charge on any atom is -0.489 e. The number of amides is 1. The highest BCUT2D eigenvalue weighted by atomic mass is 32.2. The molecule has 1 atom stereocenters. The van der Waals surface area contributed by atoms with Crippen LogP contribution in [0.5, 0.6) is 5.75 Å². The Balaban J connectivity index is 1.92. The van der Waals surface area contributed by atoms with Gasteiger partial charge in [0.15, 0.2) is 21.5 Å². The molecule has 1 aromatic rings. The van der Waals surface area contributed by atoms with Gasteiger partial charge in [-0.1, -0.05) is 0 Å². The van der Waals surface area contributed by atoms with Gasteiger partial charge in [-0.15, -0.1) is 0 Å². The highest BCUT2D eigenvalue weighted by Gasteiger charge is 2.37. The molecule has 2 aliphatic rings. The molecule has 1 amide bonds. The van der Waals surface area contributed by atoms with Crippen LogP contribution in [0.4, 0.5) is 14.5 Å². The molecule has 1 aromatic carbocycles. The Bertz CT molecular complexity index is 704. The zero-order valence-corrected chi connectivity index (χ0v) is 11.8. The summed E-state index contributed by atoms with van der Waals surface area (Å²) < 4.78 is 54.7. The van der Waals surface area contributed by atoms with Crippen LogP contribution in [-0.2, 0) is 14.6 Å². The summed E-state index contributed by atoms with van der Waals surface area (Å²) in [4.78, 5) is 13.7. The van der Waals surface area contributed by atoms with E-state index in [2.05, 4.69) is 0 Å². The molecule has 0 bridgehead atoms. The third-order valence-electron chi connectivity index (χ3n) is 3.71. The van der Waals surface area contributed by atoms with E-state index in [9.17, 15) is 22.0 Å². The van der Waals surface area contributed by atoms with Gasteiger partial charge in [-0.05, 0) is 6.42 Å². The largest absolute Gasteiger partial charge is 0.489 e. The summed E-state index contributed by atoms with van der Waals surface area (Å²) in [7, 11) is -3.18. The minimum absolute atomic E-state index is 0.0155. The first-order chi connectivity index (χ1) is 9.87. The van der Waals surface area contributed by atoms with E-state index >= 15 is 0 Å². The molecule has 1 unspecified atom stereocenters. The molecule has 1 fully saturated rings. The van der Waals surface area contributed by atoms with Gasteiger partial charge >= 0.3 is 0 Å². The van der Waals surface area contributed by atoms with E-state index in [-0.39, 0.29) is 48.4 Å². The quantitative estimate of drug-likeness (QED) is 0.779. The van der Waals surface area contributed by atoms with E-state index in [1.54, 1.807) is 0 Å². The first kappa shape index (κ1) is 14.2. The normalized spacial score (nSPS) is 23.5. The number of ether oxygens (including phenoxy) is 1. The van der Waals surface area contributed by atoms with Gasteiger partial charge < -0.3 is 9.64 Å². The van der Waals surface area contributed by atoms with Crippen LogP contribution in [0.3, 0.4) is 0 Å². The molecule has 0 radical (unpaired) electrons. The van der Waals surface area contributed by atoms with Crippen LogP contribution in [0.15, 0.2) is 12.1 Å². The summed E-state index contributed by atoms with van der Waals surface area (Å²) in [5.41, 5.74) is 0.148. The molecule has 0 saturated carbocycles. The van der Waals surface area contributed by atoms with Crippen molar-refractivity contribution in [3.05, 3.63) is 23.8 Å². The van der Waals surface area contributed by atoms with Crippen LogP contribution in [0.25, 0.3) is 0 Å². The van der Waals surface area contributed by atoms with Crippen molar-refractivity contribution < 1.29 is 26.7 Å². The molecule has 0 aromatic heterocycles. The van der Waals surface area contributed by atoms with E-state index in [4.69, 9.17) is 4.74 Å². The Hall–Kier alpha value is -1.70. The van der Waals surface area contributed by atoms with Gasteiger partial charge in [0.1, 0.15) is 12.4 Å². The molecule has 1 saturated heterocycles. The van der Waals surface area contributed by atoms with Crippen LogP contribution in [0, 0.1) is 17.6 Å². The van der Waals surface area contributed by atoms with Gasteiger partial charge in [-0.3, -0.25) is 4.79 Å². The van der Waals surface area contributed by atoms with Crippen LogP contribution >= 0.6 is 0 Å². The first-order valence-electron chi connectivity index (χ1n) is 6.51. The zero-order valence-electron chi connectivity index (χ0n) is 11.0. The Labute approximate surface area is 120 Å². The summed E-state index contributed by atoms with van der Waals surface area (Å²) in [6.07, 6.45) is 0.261. The van der Waals surface area contributed by atoms with E-state index in [1.807, 2.05) is 0 Å². The zero-order chi connectivity index (χ0) is 15.2. The van der Waals surface area contributed by atoms with Crippen molar-refractivity contribution >= 4 is 21.4 Å². The van der Waals surface area contributed by atoms with E-state index in [1.165, 1.54) is 4.90 Å². The second-order valence-electron chi connectivity index (χ2n) is 5.17. The molecule has 8 heteroatoms. The van der Waals surface area contributed by atoms with Gasteiger partial charge in [-0.2, -0.15) is 0 Å². The Kier molecular flexibility index (Phi) is 3.35. The Morgan fingerprint density at radius 2 is 2.00 bits per heavy atom. The standard InChI is InChI=1S/C13H13F2NO4S/c14-9-5-11-12(6-10(9)15)20-3-2-16(11)13(17)8-1-4-21(18,19)7-8/h5-6,8H,1-4,7H2. The number of hydrogen-bond donors (Lipinski definition) is 0. The SMILES string of the molecule is O=C(C1CCS(=O)(=O)C1)N1CCOc2cc(F)c(F)cc21. The van der Waals surface area contributed by atoms with Crippen molar-refractivity contribution in [2.75, 3.05) is 29.6 Å². The van der Waals surface area contributed by atoms with Gasteiger partial charge in [0.25, 0.3) is 0 Å². The van der Waals surface area contributed by atoms with Gasteiger partial charge in [0.05, 0.1) is 29.7 Å². The lowest BCUT2D eigenvalue weighted by Gasteiger charge is -2.31. The molecule has 114 valence electrons. The fourth-order valence-electron chi connectivity index (χ4n) is 2.65. The van der Waals surface area contributed by atoms with E-state index < -0.39 is 27.4 Å². The lowest BCUT2D eigenvalue weighted by Crippen LogP contribution is -2.42. The number of nitrogens with zero attached hydrogens (tertiary/aromatic N) is 1. The third kappa shape index (κ3) is 2.59. The molecule has 3 rings (SSSR count). The van der Waals surface area contributed by atoms with Crippen molar-refractivity contribution in [3.63, 3.8) is 0 Å². The molecule has 21 heavy (non-hydrogen) atoms. The monoisotopic (exact) mass is 317 g/mol. The average Bonchev–Trinajstić information content (AvgIpc) is 2.79. The number of carbonyl (C=O) groups is 1. The molecule has 0 N–H and O–H groups in total. The summed E-state index contributed by atoms with van der Waals surface area (Å²) in [6, 6.07) is 1.81. The fourth-order valence-corrected chi connectivity index (χ4v) is 4.38. The molecule has 2 heterocycles. The highest BCUT2D eigenvalue weighted by molar-refractivity contribution is 7.91. The number of hydrogen-bond acceptors (Lipinski definition) is 4. The van der Waals surface area contributed by atoms with Crippen molar-refractivity contribution in [3.8, 4) is 5.75 Å². The summed E-state index contributed by atoms with van der Waals surface area (Å²) in [5.74, 6) is -3.25. The predicted octanol–water partition coefficient (Wildman–Crippen LogP) is 1.12. The van der Waals surface area contributed by atoms with Crippen molar-refractivity contribution in [2.45, 2.75) is 6.42 Å².